The Bertz CT molecular complexity index is 3670. The maximum Gasteiger partial charge on any atom is 0.426 e. The summed E-state index contributed by atoms with van der Waals surface area (Å²) >= 11 is 0. The first-order valence-electron chi connectivity index (χ1n) is 31.6. The van der Waals surface area contributed by atoms with Crippen molar-refractivity contribution in [1.82, 2.24) is 30.4 Å². The number of carbonyl (C=O) groups excluding carboxylic acids is 4. The van der Waals surface area contributed by atoms with Crippen LogP contribution in [0, 0.1) is 13.8 Å². The average Bonchev–Trinajstić information content (AvgIpc) is 1.51. The molecule has 24 nitrogen and oxygen atoms in total. The third-order valence-corrected chi connectivity index (χ3v) is 14.3. The molecule has 0 saturated carbocycles. The molecule has 0 fully saturated rings. The van der Waals surface area contributed by atoms with Gasteiger partial charge in [0.25, 0.3) is 23.6 Å². The number of aliphatic hydroxyl groups excluding tert-OH is 1. The van der Waals surface area contributed by atoms with E-state index in [1.54, 1.807) is 139 Å². The van der Waals surface area contributed by atoms with Gasteiger partial charge in [-0.2, -0.15) is 36.1 Å². The van der Waals surface area contributed by atoms with Crippen LogP contribution >= 0.6 is 0 Å². The Kier molecular flexibility index (Phi) is 24.2. The normalized spacial score (nSPS) is 18.8. The molecule has 2 aliphatic rings. The zero-order valence-corrected chi connectivity index (χ0v) is 57.2. The van der Waals surface area contributed by atoms with E-state index >= 15 is 13.2 Å². The van der Waals surface area contributed by atoms with E-state index in [2.05, 4.69) is 30.4 Å². The molecule has 6 heterocycles. The van der Waals surface area contributed by atoms with Gasteiger partial charge in [-0.15, -0.1) is 20.4 Å². The minimum Gasteiger partial charge on any atom is -0.472 e. The number of ether oxygens (including phenoxy) is 8. The summed E-state index contributed by atoms with van der Waals surface area (Å²) in [5, 5.41) is 35.7. The minimum absolute atomic E-state index is 0.0120. The number of fused-ring (bicyclic) bond motifs is 10. The summed E-state index contributed by atoms with van der Waals surface area (Å²) in [5.74, 6) is -3.29. The van der Waals surface area contributed by atoms with E-state index in [0.717, 1.165) is 5.56 Å². The first-order chi connectivity index (χ1) is 45.6. The summed E-state index contributed by atoms with van der Waals surface area (Å²) in [6.07, 6.45) is -13.4. The van der Waals surface area contributed by atoms with Crippen molar-refractivity contribution < 1.29 is 102 Å². The van der Waals surface area contributed by atoms with Crippen LogP contribution in [0.15, 0.2) is 93.8 Å². The number of hydrogen-bond acceptors (Lipinski definition) is 22. The van der Waals surface area contributed by atoms with Crippen molar-refractivity contribution in [3.05, 3.63) is 119 Å². The molecule has 0 aliphatic carbocycles. The monoisotopic (exact) mass is 1380 g/mol. The number of alkyl halides is 6. The number of pyridine rings is 2. The standard InChI is InChI=1S/C41H47F3N4O8.C27H37F3N4O8/c1-27-23-31(48(36(49)55-38(2,3)4)37(50)56-39(5,6)7)32-34-46-47-35(54-34)40(41(42,43)44,52-25-29-19-13-9-14-20-29)22-16-10-15-21-30(53-33(27)45-32)26-51-24-28-17-11-8-12-18-28;1-15-13-17(34(22(36)41-24(2,3)4)23(37)42-25(5,6)7)18-20-32-33-21(40-20)26(38,27(28,29)30)12-10-8-9-11-16(14-35)39-19(15)31-18/h8-15,17-20,23,30H,16,21-22,24-26H2,1-7H3;13,16,35,38H,8-12,14H2,1-7H3/t30-,40-;16-,26-/m11/s1. The topological polar surface area (TPSA) is 293 Å². The highest BCUT2D eigenvalue weighted by molar-refractivity contribution is 6.12. The van der Waals surface area contributed by atoms with Crippen LogP contribution in [0.2, 0.25) is 0 Å². The summed E-state index contributed by atoms with van der Waals surface area (Å²) in [7, 11) is 0. The van der Waals surface area contributed by atoms with Crippen LogP contribution in [0.1, 0.15) is 168 Å². The van der Waals surface area contributed by atoms with Gasteiger partial charge in [-0.1, -0.05) is 79.2 Å². The predicted molar refractivity (Wildman–Crippen MR) is 341 cm³/mol. The molecule has 2 N–H and O–H groups in total. The summed E-state index contributed by atoms with van der Waals surface area (Å²) in [6.45, 7) is 21.7. The lowest BCUT2D eigenvalue weighted by molar-refractivity contribution is -0.299. The molecule has 0 saturated heterocycles. The first-order valence-corrected chi connectivity index (χ1v) is 31.6. The van der Waals surface area contributed by atoms with E-state index in [0.29, 0.717) is 32.9 Å². The van der Waals surface area contributed by atoms with Crippen molar-refractivity contribution in [2.45, 2.75) is 220 Å². The molecular weight excluding hydrogens is 1300 g/mol. The molecule has 4 amide bonds. The number of nitrogens with zero attached hydrogens (tertiary/aromatic N) is 8. The number of allylic oxidation sites excluding steroid dienone is 1. The second kappa shape index (κ2) is 31.0. The van der Waals surface area contributed by atoms with Gasteiger partial charge in [-0.25, -0.2) is 29.1 Å². The van der Waals surface area contributed by atoms with Gasteiger partial charge in [0.15, 0.2) is 11.4 Å². The molecule has 534 valence electrons. The molecule has 2 aliphatic heterocycles. The van der Waals surface area contributed by atoms with Crippen molar-refractivity contribution in [3.63, 3.8) is 0 Å². The van der Waals surface area contributed by atoms with Gasteiger partial charge in [0.2, 0.25) is 23.0 Å². The fourth-order valence-corrected chi connectivity index (χ4v) is 9.65. The number of imide groups is 2. The lowest BCUT2D eigenvalue weighted by Gasteiger charge is -2.32. The summed E-state index contributed by atoms with van der Waals surface area (Å²) in [5.41, 5.74) is -10.1. The van der Waals surface area contributed by atoms with E-state index in [1.807, 2.05) is 30.3 Å². The number of rotatable bonds is 10. The SMILES string of the molecule is Cc1cc(N(C(=O)OC(C)(C)C)C(=O)OC(C)(C)C)c2nc1O[C@@H](CO)CCCCC[C@](O)(C(F)(F)F)c1nnc-2o1.Cc1cc(N(C(=O)OC(C)(C)C)C(=O)OC(C)(C)C)c2nc1O[C@@H](COCc1ccccc1)CC=CCC[C@](OCc1ccccc1)(C(F)(F)F)c1nnc-2o1. The number of anilines is 2. The molecule has 0 unspecified atom stereocenters. The van der Waals surface area contributed by atoms with Crippen molar-refractivity contribution >= 4 is 35.7 Å². The molecule has 98 heavy (non-hydrogen) atoms. The van der Waals surface area contributed by atoms with Crippen molar-refractivity contribution in [3.8, 4) is 34.9 Å². The third-order valence-electron chi connectivity index (χ3n) is 14.3. The number of hydrogen-bond donors (Lipinski definition) is 2. The molecular formula is C68H84F6N8O16. The largest absolute Gasteiger partial charge is 0.472 e. The van der Waals surface area contributed by atoms with Crippen LogP contribution in [0.3, 0.4) is 0 Å². The molecule has 4 atom stereocenters. The quantitative estimate of drug-likeness (QED) is 0.0731. The van der Waals surface area contributed by atoms with Crippen molar-refractivity contribution in [1.29, 1.82) is 0 Å². The van der Waals surface area contributed by atoms with Crippen LogP contribution in [-0.4, -0.2) is 125 Å². The molecule has 0 spiro atoms. The summed E-state index contributed by atoms with van der Waals surface area (Å²) < 4.78 is 146. The number of aromatic nitrogens is 6. The molecule has 8 bridgehead atoms. The number of carbonyl (C=O) groups is 4. The number of amides is 4. The highest BCUT2D eigenvalue weighted by atomic mass is 19.4. The average molecular weight is 1380 g/mol. The zero-order chi connectivity index (χ0) is 72.4. The Labute approximate surface area is 563 Å². The maximum atomic E-state index is 15.4. The fraction of sp³-hybridized carbons (Fsp3) is 0.529. The van der Waals surface area contributed by atoms with Gasteiger partial charge < -0.3 is 56.9 Å². The van der Waals surface area contributed by atoms with E-state index in [1.165, 1.54) is 12.1 Å². The Hall–Kier alpha value is -8.74. The maximum absolute atomic E-state index is 15.4. The number of aliphatic hydroxyl groups is 2. The van der Waals surface area contributed by atoms with Crippen LogP contribution in [-0.2, 0) is 52.8 Å². The molecule has 4 aromatic heterocycles. The van der Waals surface area contributed by atoms with E-state index in [-0.39, 0.29) is 74.1 Å². The van der Waals surface area contributed by atoms with Gasteiger partial charge in [0, 0.05) is 17.5 Å². The van der Waals surface area contributed by atoms with Gasteiger partial charge in [-0.3, -0.25) is 0 Å². The lowest BCUT2D eigenvalue weighted by Crippen LogP contribution is -2.45. The molecule has 8 rings (SSSR count). The summed E-state index contributed by atoms with van der Waals surface area (Å²) in [6, 6.07) is 20.6. The Morgan fingerprint density at radius 1 is 0.561 bits per heavy atom. The number of halogens is 6. The highest BCUT2D eigenvalue weighted by Gasteiger charge is 2.61. The Morgan fingerprint density at radius 2 is 1.00 bits per heavy atom. The minimum atomic E-state index is -5.17. The van der Waals surface area contributed by atoms with Crippen LogP contribution in [0.5, 0.6) is 11.8 Å². The number of benzene rings is 2. The van der Waals surface area contributed by atoms with Crippen molar-refractivity contribution in [2.24, 2.45) is 0 Å². The lowest BCUT2D eigenvalue weighted by atomic mass is 9.94. The summed E-state index contributed by atoms with van der Waals surface area (Å²) in [4.78, 5) is 64.5. The fourth-order valence-electron chi connectivity index (χ4n) is 9.65. The first kappa shape index (κ1) is 76.6. The second-order valence-corrected chi connectivity index (χ2v) is 27.3. The van der Waals surface area contributed by atoms with Gasteiger partial charge in [0.05, 0.1) is 37.8 Å². The van der Waals surface area contributed by atoms with E-state index in [4.69, 9.17) is 46.7 Å². The van der Waals surface area contributed by atoms with E-state index in [9.17, 15) is 42.6 Å². The van der Waals surface area contributed by atoms with Crippen LogP contribution in [0.4, 0.5) is 56.9 Å². The van der Waals surface area contributed by atoms with Gasteiger partial charge in [-0.05, 0) is 159 Å². The molecule has 6 aromatic rings. The smallest absolute Gasteiger partial charge is 0.426 e. The Morgan fingerprint density at radius 3 is 1.44 bits per heavy atom. The van der Waals surface area contributed by atoms with Gasteiger partial charge >= 0.3 is 36.7 Å². The van der Waals surface area contributed by atoms with E-state index < -0.39 is 138 Å². The predicted octanol–water partition coefficient (Wildman–Crippen LogP) is 15.4. The third kappa shape index (κ3) is 20.2. The van der Waals surface area contributed by atoms with Crippen molar-refractivity contribution in [2.75, 3.05) is 23.0 Å². The molecule has 0 radical (unpaired) electrons. The van der Waals surface area contributed by atoms with Crippen LogP contribution in [0.25, 0.3) is 23.2 Å². The second-order valence-electron chi connectivity index (χ2n) is 27.3. The Balaban J connectivity index is 0.000000288. The van der Waals surface area contributed by atoms with Gasteiger partial charge in [0.1, 0.15) is 34.6 Å². The van der Waals surface area contributed by atoms with Crippen LogP contribution < -0.4 is 19.3 Å². The zero-order valence-electron chi connectivity index (χ0n) is 57.2. The molecule has 30 heteroatoms. The molecule has 2 aromatic carbocycles. The number of aryl methyl sites for hydroxylation is 2. The highest BCUT2D eigenvalue weighted by Crippen LogP contribution is 2.48.